The molecule has 0 aliphatic rings. The first-order valence-electron chi connectivity index (χ1n) is 6.47. The van der Waals surface area contributed by atoms with Gasteiger partial charge in [-0.2, -0.15) is 0 Å². The van der Waals surface area contributed by atoms with Crippen LogP contribution in [0.3, 0.4) is 0 Å². The van der Waals surface area contributed by atoms with Crippen LogP contribution >= 0.6 is 0 Å². The summed E-state index contributed by atoms with van der Waals surface area (Å²) in [6.07, 6.45) is 4.34. The number of pyridine rings is 1. The molecule has 0 aliphatic carbocycles. The molecule has 0 aromatic carbocycles. The minimum atomic E-state index is 0.0916. The summed E-state index contributed by atoms with van der Waals surface area (Å²) >= 11 is 0. The molecule has 0 amide bonds. The van der Waals surface area contributed by atoms with Crippen molar-refractivity contribution in [3.05, 3.63) is 34.2 Å². The summed E-state index contributed by atoms with van der Waals surface area (Å²) in [7, 11) is 0. The van der Waals surface area contributed by atoms with Gasteiger partial charge in [-0.3, -0.25) is 4.79 Å². The quantitative estimate of drug-likeness (QED) is 0.736. The molecule has 1 N–H and O–H groups in total. The predicted molar refractivity (Wildman–Crippen MR) is 72.4 cm³/mol. The lowest BCUT2D eigenvalue weighted by Crippen LogP contribution is -2.27. The molecule has 0 fully saturated rings. The van der Waals surface area contributed by atoms with Crippen molar-refractivity contribution < 1.29 is 0 Å². The number of aromatic nitrogens is 1. The van der Waals surface area contributed by atoms with Crippen LogP contribution in [-0.2, 0) is 6.54 Å². The van der Waals surface area contributed by atoms with Crippen molar-refractivity contribution in [3.63, 3.8) is 0 Å². The first-order chi connectivity index (χ1) is 8.09. The molecule has 96 valence electrons. The van der Waals surface area contributed by atoms with Gasteiger partial charge in [0.05, 0.1) is 0 Å². The van der Waals surface area contributed by atoms with E-state index in [1.54, 1.807) is 10.6 Å². The third-order valence-corrected chi connectivity index (χ3v) is 2.82. The van der Waals surface area contributed by atoms with Gasteiger partial charge in [-0.1, -0.05) is 13.8 Å². The van der Waals surface area contributed by atoms with Gasteiger partial charge in [0.15, 0.2) is 0 Å². The Morgan fingerprint density at radius 3 is 2.76 bits per heavy atom. The third-order valence-electron chi connectivity index (χ3n) is 2.82. The van der Waals surface area contributed by atoms with Crippen LogP contribution < -0.4 is 10.9 Å². The van der Waals surface area contributed by atoms with Crippen LogP contribution in [0.25, 0.3) is 0 Å². The van der Waals surface area contributed by atoms with Crippen molar-refractivity contribution >= 4 is 0 Å². The van der Waals surface area contributed by atoms with Crippen LogP contribution in [0.2, 0.25) is 0 Å². The monoisotopic (exact) mass is 236 g/mol. The first-order valence-corrected chi connectivity index (χ1v) is 6.47. The lowest BCUT2D eigenvalue weighted by molar-refractivity contribution is 0.512. The Morgan fingerprint density at radius 1 is 1.35 bits per heavy atom. The third kappa shape index (κ3) is 5.68. The normalized spacial score (nSPS) is 11.1. The van der Waals surface area contributed by atoms with E-state index in [0.29, 0.717) is 0 Å². The highest BCUT2D eigenvalue weighted by molar-refractivity contribution is 5.07. The van der Waals surface area contributed by atoms with Crippen molar-refractivity contribution in [2.45, 2.75) is 40.2 Å². The van der Waals surface area contributed by atoms with E-state index in [-0.39, 0.29) is 5.56 Å². The average molecular weight is 236 g/mol. The van der Waals surface area contributed by atoms with Crippen LogP contribution in [0.4, 0.5) is 0 Å². The topological polar surface area (TPSA) is 34.0 Å². The summed E-state index contributed by atoms with van der Waals surface area (Å²) < 4.78 is 1.75. The largest absolute Gasteiger partial charge is 0.315 e. The Labute approximate surface area is 104 Å². The van der Waals surface area contributed by atoms with Crippen molar-refractivity contribution in [2.75, 3.05) is 13.1 Å². The van der Waals surface area contributed by atoms with Crippen LogP contribution in [0, 0.1) is 12.8 Å². The summed E-state index contributed by atoms with van der Waals surface area (Å²) in [5, 5.41) is 3.37. The van der Waals surface area contributed by atoms with Gasteiger partial charge in [-0.25, -0.2) is 0 Å². The maximum Gasteiger partial charge on any atom is 0.250 e. The Balaban J connectivity index is 2.20. The molecule has 1 heterocycles. The van der Waals surface area contributed by atoms with Gasteiger partial charge in [0.25, 0.3) is 5.56 Å². The molecule has 0 saturated heterocycles. The molecule has 0 bridgehead atoms. The molecular formula is C14H24N2O. The zero-order valence-corrected chi connectivity index (χ0v) is 11.2. The summed E-state index contributed by atoms with van der Waals surface area (Å²) in [6, 6.07) is 3.65. The first kappa shape index (κ1) is 14.0. The van der Waals surface area contributed by atoms with E-state index >= 15 is 0 Å². The van der Waals surface area contributed by atoms with Crippen LogP contribution in [0.5, 0.6) is 0 Å². The Bertz CT molecular complexity index is 382. The highest BCUT2D eigenvalue weighted by Crippen LogP contribution is 2.01. The molecule has 1 aromatic heterocycles. The van der Waals surface area contributed by atoms with Gasteiger partial charge in [0, 0.05) is 25.4 Å². The second-order valence-electron chi connectivity index (χ2n) is 5.02. The number of rotatable bonds is 7. The zero-order chi connectivity index (χ0) is 12.7. The average Bonchev–Trinajstić information content (AvgIpc) is 2.25. The van der Waals surface area contributed by atoms with Crippen LogP contribution in [-0.4, -0.2) is 17.7 Å². The van der Waals surface area contributed by atoms with Gasteiger partial charge in [-0.05, 0) is 43.9 Å². The van der Waals surface area contributed by atoms with Gasteiger partial charge in [0.1, 0.15) is 0 Å². The van der Waals surface area contributed by atoms with Crippen molar-refractivity contribution in [1.29, 1.82) is 0 Å². The van der Waals surface area contributed by atoms with Gasteiger partial charge in [-0.15, -0.1) is 0 Å². The van der Waals surface area contributed by atoms with E-state index in [4.69, 9.17) is 0 Å². The number of hydrogen-bond acceptors (Lipinski definition) is 2. The minimum absolute atomic E-state index is 0.0916. The van der Waals surface area contributed by atoms with E-state index in [2.05, 4.69) is 19.2 Å². The lowest BCUT2D eigenvalue weighted by Gasteiger charge is -2.08. The highest BCUT2D eigenvalue weighted by atomic mass is 16.1. The number of hydrogen-bond donors (Lipinski definition) is 1. The molecule has 3 nitrogen and oxygen atoms in total. The van der Waals surface area contributed by atoms with Crippen molar-refractivity contribution in [3.8, 4) is 0 Å². The zero-order valence-electron chi connectivity index (χ0n) is 11.2. The number of nitrogens with zero attached hydrogens (tertiary/aromatic N) is 1. The summed E-state index contributed by atoms with van der Waals surface area (Å²) in [6.45, 7) is 9.08. The second-order valence-corrected chi connectivity index (χ2v) is 5.02. The molecule has 3 heteroatoms. The Hall–Kier alpha value is -1.09. The highest BCUT2D eigenvalue weighted by Gasteiger charge is 1.96. The molecule has 0 saturated carbocycles. The summed E-state index contributed by atoms with van der Waals surface area (Å²) in [4.78, 5) is 11.6. The van der Waals surface area contributed by atoms with Gasteiger partial charge < -0.3 is 9.88 Å². The summed E-state index contributed by atoms with van der Waals surface area (Å²) in [5.74, 6) is 0.775. The van der Waals surface area contributed by atoms with Crippen molar-refractivity contribution in [2.24, 2.45) is 5.92 Å². The fourth-order valence-electron chi connectivity index (χ4n) is 1.75. The lowest BCUT2D eigenvalue weighted by atomic mass is 10.1. The predicted octanol–water partition coefficient (Wildman–Crippen LogP) is 2.18. The van der Waals surface area contributed by atoms with Crippen LogP contribution in [0.1, 0.15) is 32.3 Å². The maximum absolute atomic E-state index is 11.6. The molecule has 0 spiro atoms. The van der Waals surface area contributed by atoms with E-state index < -0.39 is 0 Å². The van der Waals surface area contributed by atoms with E-state index in [9.17, 15) is 4.79 Å². The smallest absolute Gasteiger partial charge is 0.250 e. The van der Waals surface area contributed by atoms with Crippen molar-refractivity contribution in [1.82, 2.24) is 9.88 Å². The van der Waals surface area contributed by atoms with E-state index in [1.807, 2.05) is 19.2 Å². The fourth-order valence-corrected chi connectivity index (χ4v) is 1.75. The van der Waals surface area contributed by atoms with Crippen LogP contribution in [0.15, 0.2) is 23.1 Å². The molecule has 0 aliphatic heterocycles. The molecule has 1 rings (SSSR count). The van der Waals surface area contributed by atoms with Gasteiger partial charge >= 0.3 is 0 Å². The van der Waals surface area contributed by atoms with E-state index in [0.717, 1.165) is 31.1 Å². The molecule has 0 radical (unpaired) electrons. The minimum Gasteiger partial charge on any atom is -0.315 e. The number of nitrogens with one attached hydrogen (secondary N) is 1. The van der Waals surface area contributed by atoms with Gasteiger partial charge in [0.2, 0.25) is 0 Å². The molecular weight excluding hydrogens is 212 g/mol. The standard InChI is InChI=1S/C14H24N2O/c1-12(2)5-4-7-15-8-10-16-9-6-13(3)11-14(16)17/h6,9,11-12,15H,4-5,7-8,10H2,1-3H3. The molecule has 0 atom stereocenters. The Kier molecular flexibility index (Phi) is 5.98. The second kappa shape index (κ2) is 7.28. The van der Waals surface area contributed by atoms with E-state index in [1.165, 1.54) is 12.8 Å². The molecule has 0 unspecified atom stereocenters. The number of aryl methyl sites for hydroxylation is 1. The maximum atomic E-state index is 11.6. The molecule has 1 aromatic rings. The molecule has 17 heavy (non-hydrogen) atoms. The summed E-state index contributed by atoms with van der Waals surface area (Å²) in [5.41, 5.74) is 1.12. The SMILES string of the molecule is Cc1ccn(CCNCCCC(C)C)c(=O)c1. The fraction of sp³-hybridized carbons (Fsp3) is 0.643. The Morgan fingerprint density at radius 2 is 2.12 bits per heavy atom.